The van der Waals surface area contributed by atoms with Crippen molar-refractivity contribution < 1.29 is 8.78 Å². The van der Waals surface area contributed by atoms with Crippen molar-refractivity contribution in [2.24, 2.45) is 4.99 Å². The number of aromatic nitrogens is 2. The fourth-order valence-corrected chi connectivity index (χ4v) is 3.18. The van der Waals surface area contributed by atoms with Gasteiger partial charge >= 0.3 is 0 Å². The summed E-state index contributed by atoms with van der Waals surface area (Å²) in [6, 6.07) is 13.7. The number of hydrogen-bond acceptors (Lipinski definition) is 2. The van der Waals surface area contributed by atoms with Gasteiger partial charge in [0.15, 0.2) is 17.6 Å². The molecule has 0 aliphatic heterocycles. The van der Waals surface area contributed by atoms with Gasteiger partial charge in [0.1, 0.15) is 0 Å². The molecule has 0 fully saturated rings. The number of nitrogens with one attached hydrogen (secondary N) is 2. The molecule has 1 unspecified atom stereocenters. The van der Waals surface area contributed by atoms with Gasteiger partial charge in [-0.3, -0.25) is 4.99 Å². The number of nitrogens with zero attached hydrogens (tertiary/aromatic N) is 3. The first-order valence-electron chi connectivity index (χ1n) is 9.42. The lowest BCUT2D eigenvalue weighted by molar-refractivity contribution is 0.504. The first kappa shape index (κ1) is 23.8. The normalized spacial score (nSPS) is 12.3. The van der Waals surface area contributed by atoms with Crippen molar-refractivity contribution in [2.75, 3.05) is 7.05 Å². The Kier molecular flexibility index (Phi) is 8.33. The first-order chi connectivity index (χ1) is 13.9. The molecule has 1 atom stereocenters. The topological polar surface area (TPSA) is 54.2 Å². The molecule has 2 aromatic carbocycles. The molecule has 2 N–H and O–H groups in total. The molecule has 5 nitrogen and oxygen atoms in total. The molecule has 0 bridgehead atoms. The zero-order valence-electron chi connectivity index (χ0n) is 17.4. The number of para-hydroxylation sites is 1. The summed E-state index contributed by atoms with van der Waals surface area (Å²) in [4.78, 5) is 4.24. The highest BCUT2D eigenvalue weighted by atomic mass is 127. The van der Waals surface area contributed by atoms with E-state index >= 15 is 0 Å². The van der Waals surface area contributed by atoms with Crippen LogP contribution in [0.15, 0.2) is 53.5 Å². The van der Waals surface area contributed by atoms with Gasteiger partial charge in [-0.1, -0.05) is 24.3 Å². The van der Waals surface area contributed by atoms with Crippen LogP contribution in [-0.4, -0.2) is 22.8 Å². The van der Waals surface area contributed by atoms with E-state index in [1.165, 1.54) is 6.07 Å². The molecule has 30 heavy (non-hydrogen) atoms. The molecular formula is C22H26F2IN5. The Hall–Kier alpha value is -2.49. The van der Waals surface area contributed by atoms with Crippen molar-refractivity contribution in [1.82, 2.24) is 20.4 Å². The Morgan fingerprint density at radius 3 is 2.47 bits per heavy atom. The zero-order valence-corrected chi connectivity index (χ0v) is 19.7. The summed E-state index contributed by atoms with van der Waals surface area (Å²) in [5.41, 5.74) is 4.71. The number of benzene rings is 2. The van der Waals surface area contributed by atoms with Gasteiger partial charge in [0, 0.05) is 19.3 Å². The van der Waals surface area contributed by atoms with Crippen molar-refractivity contribution in [1.29, 1.82) is 0 Å². The van der Waals surface area contributed by atoms with E-state index in [-0.39, 0.29) is 30.0 Å². The SMILES string of the molecule is CN=C(NCc1ccccc1-n1nc(C)cc1C)NC(C)c1ccc(F)c(F)c1.I. The highest BCUT2D eigenvalue weighted by molar-refractivity contribution is 14.0. The Balaban J connectivity index is 0.00000320. The van der Waals surface area contributed by atoms with Crippen LogP contribution in [0.25, 0.3) is 5.69 Å². The lowest BCUT2D eigenvalue weighted by atomic mass is 10.1. The summed E-state index contributed by atoms with van der Waals surface area (Å²) < 4.78 is 28.6. The predicted octanol–water partition coefficient (Wildman–Crippen LogP) is 4.81. The van der Waals surface area contributed by atoms with Crippen LogP contribution in [0.2, 0.25) is 0 Å². The zero-order chi connectivity index (χ0) is 21.0. The molecule has 8 heteroatoms. The van der Waals surface area contributed by atoms with Crippen LogP contribution in [0.4, 0.5) is 8.78 Å². The van der Waals surface area contributed by atoms with E-state index in [2.05, 4.69) is 20.7 Å². The quantitative estimate of drug-likeness (QED) is 0.286. The molecule has 3 rings (SSSR count). The number of guanidine groups is 1. The third kappa shape index (κ3) is 5.56. The Morgan fingerprint density at radius 2 is 1.83 bits per heavy atom. The summed E-state index contributed by atoms with van der Waals surface area (Å²) >= 11 is 0. The number of aliphatic imine (C=N–C) groups is 1. The molecule has 0 saturated carbocycles. The van der Waals surface area contributed by atoms with Gasteiger partial charge in [-0.25, -0.2) is 13.5 Å². The summed E-state index contributed by atoms with van der Waals surface area (Å²) in [5.74, 6) is -1.16. The van der Waals surface area contributed by atoms with Crippen molar-refractivity contribution in [3.63, 3.8) is 0 Å². The molecular weight excluding hydrogens is 499 g/mol. The van der Waals surface area contributed by atoms with Crippen LogP contribution in [0.3, 0.4) is 0 Å². The van der Waals surface area contributed by atoms with Gasteiger partial charge in [-0.2, -0.15) is 5.10 Å². The second-order valence-electron chi connectivity index (χ2n) is 6.93. The standard InChI is InChI=1S/C22H25F2N5.HI/c1-14-11-15(2)29(28-14)21-8-6-5-7-18(21)13-26-22(25-4)27-16(3)17-9-10-19(23)20(24)12-17;/h5-12,16H,13H2,1-4H3,(H2,25,26,27);1H. The van der Waals surface area contributed by atoms with Crippen LogP contribution in [0.1, 0.15) is 35.5 Å². The first-order valence-corrected chi connectivity index (χ1v) is 9.42. The molecule has 0 aliphatic carbocycles. The summed E-state index contributed by atoms with van der Waals surface area (Å²) in [6.07, 6.45) is 0. The maximum Gasteiger partial charge on any atom is 0.191 e. The smallest absolute Gasteiger partial charge is 0.191 e. The van der Waals surface area contributed by atoms with E-state index in [0.717, 1.165) is 28.7 Å². The van der Waals surface area contributed by atoms with E-state index in [9.17, 15) is 8.78 Å². The monoisotopic (exact) mass is 525 g/mol. The maximum atomic E-state index is 13.5. The van der Waals surface area contributed by atoms with Gasteiger partial charge < -0.3 is 10.6 Å². The molecule has 0 amide bonds. The predicted molar refractivity (Wildman–Crippen MR) is 127 cm³/mol. The highest BCUT2D eigenvalue weighted by Gasteiger charge is 2.12. The highest BCUT2D eigenvalue weighted by Crippen LogP contribution is 2.18. The minimum Gasteiger partial charge on any atom is -0.352 e. The molecule has 0 saturated heterocycles. The van der Waals surface area contributed by atoms with Crippen LogP contribution < -0.4 is 10.6 Å². The lowest BCUT2D eigenvalue weighted by Gasteiger charge is -2.19. The lowest BCUT2D eigenvalue weighted by Crippen LogP contribution is -2.38. The fraction of sp³-hybridized carbons (Fsp3) is 0.273. The maximum absolute atomic E-state index is 13.5. The Bertz CT molecular complexity index is 1030. The van der Waals surface area contributed by atoms with E-state index in [1.807, 2.05) is 55.8 Å². The van der Waals surface area contributed by atoms with Crippen LogP contribution in [0, 0.1) is 25.5 Å². The molecule has 0 aliphatic rings. The number of hydrogen-bond donors (Lipinski definition) is 2. The Labute approximate surface area is 192 Å². The Morgan fingerprint density at radius 1 is 1.10 bits per heavy atom. The summed E-state index contributed by atoms with van der Waals surface area (Å²) in [5, 5.41) is 11.0. The molecule has 1 aromatic heterocycles. The molecule has 1 heterocycles. The van der Waals surface area contributed by atoms with E-state index in [4.69, 9.17) is 0 Å². The van der Waals surface area contributed by atoms with Crippen LogP contribution in [0.5, 0.6) is 0 Å². The van der Waals surface area contributed by atoms with Crippen LogP contribution >= 0.6 is 24.0 Å². The van der Waals surface area contributed by atoms with Gasteiger partial charge in [0.05, 0.1) is 17.4 Å². The van der Waals surface area contributed by atoms with Crippen molar-refractivity contribution in [3.05, 3.63) is 82.7 Å². The minimum atomic E-state index is -0.863. The molecule has 0 radical (unpaired) electrons. The van der Waals surface area contributed by atoms with E-state index in [1.54, 1.807) is 13.1 Å². The van der Waals surface area contributed by atoms with Gasteiger partial charge in [0.2, 0.25) is 0 Å². The molecule has 0 spiro atoms. The van der Waals surface area contributed by atoms with Crippen LogP contribution in [-0.2, 0) is 6.54 Å². The van der Waals surface area contributed by atoms with Crippen molar-refractivity contribution in [3.8, 4) is 5.69 Å². The van der Waals surface area contributed by atoms with Crippen molar-refractivity contribution in [2.45, 2.75) is 33.4 Å². The largest absolute Gasteiger partial charge is 0.352 e. The molecule has 3 aromatic rings. The third-order valence-electron chi connectivity index (χ3n) is 4.70. The van der Waals surface area contributed by atoms with Gasteiger partial charge in [0.25, 0.3) is 0 Å². The fourth-order valence-electron chi connectivity index (χ4n) is 3.18. The summed E-state index contributed by atoms with van der Waals surface area (Å²) in [6.45, 7) is 6.38. The second-order valence-corrected chi connectivity index (χ2v) is 6.93. The summed E-state index contributed by atoms with van der Waals surface area (Å²) in [7, 11) is 1.67. The average molecular weight is 525 g/mol. The average Bonchev–Trinajstić information content (AvgIpc) is 3.05. The number of halogens is 3. The van der Waals surface area contributed by atoms with Gasteiger partial charge in [-0.15, -0.1) is 24.0 Å². The molecule has 160 valence electrons. The van der Waals surface area contributed by atoms with E-state index < -0.39 is 11.6 Å². The number of aryl methyl sites for hydroxylation is 2. The van der Waals surface area contributed by atoms with Gasteiger partial charge in [-0.05, 0) is 56.2 Å². The minimum absolute atomic E-state index is 0. The van der Waals surface area contributed by atoms with E-state index in [0.29, 0.717) is 18.1 Å². The van der Waals surface area contributed by atoms with Crippen molar-refractivity contribution >= 4 is 29.9 Å². The second kappa shape index (κ2) is 10.5. The third-order valence-corrected chi connectivity index (χ3v) is 4.70. The number of rotatable bonds is 5.